The maximum absolute atomic E-state index is 12.7. The summed E-state index contributed by atoms with van der Waals surface area (Å²) >= 11 is 0. The smallest absolute Gasteiger partial charge is 0.307 e. The number of esters is 1. The molecule has 5 rings (SSSR count). The van der Waals surface area contributed by atoms with Gasteiger partial charge < -0.3 is 9.64 Å². The van der Waals surface area contributed by atoms with Gasteiger partial charge in [0.1, 0.15) is 6.10 Å². The highest BCUT2D eigenvalue weighted by atomic mass is 16.5. The molecule has 0 N–H and O–H groups in total. The number of fused-ring (bicyclic) bond motifs is 5. The zero-order valence-electron chi connectivity index (χ0n) is 25.6. The molecule has 8 atom stereocenters. The SMILES string of the molecule is CC(C)CCC[C@@H](C)[C@H]1CCC2C3CC=C4C[C@@H](OC(=O)CCN5CCCCC5)CC[C@]4(C)C3CC[C@@]21C. The average molecular weight is 526 g/mol. The van der Waals surface area contributed by atoms with Crippen LogP contribution in [-0.2, 0) is 9.53 Å². The molecule has 3 unspecified atom stereocenters. The van der Waals surface area contributed by atoms with Gasteiger partial charge in [-0.15, -0.1) is 0 Å². The normalized spacial score (nSPS) is 40.2. The molecule has 0 aromatic heterocycles. The molecule has 0 bridgehead atoms. The van der Waals surface area contributed by atoms with Crippen molar-refractivity contribution in [2.24, 2.45) is 46.3 Å². The van der Waals surface area contributed by atoms with E-state index in [0.717, 1.165) is 68.0 Å². The van der Waals surface area contributed by atoms with Crippen molar-refractivity contribution < 1.29 is 9.53 Å². The summed E-state index contributed by atoms with van der Waals surface area (Å²) in [6, 6.07) is 0. The van der Waals surface area contributed by atoms with E-state index in [4.69, 9.17) is 4.74 Å². The number of ether oxygens (including phenoxy) is 1. The summed E-state index contributed by atoms with van der Waals surface area (Å²) < 4.78 is 6.08. The Hall–Kier alpha value is -0.830. The first-order valence-electron chi connectivity index (χ1n) is 16.8. The summed E-state index contributed by atoms with van der Waals surface area (Å²) in [5, 5.41) is 0. The van der Waals surface area contributed by atoms with Gasteiger partial charge in [-0.2, -0.15) is 0 Å². The lowest BCUT2D eigenvalue weighted by Gasteiger charge is -2.58. The van der Waals surface area contributed by atoms with Gasteiger partial charge in [0.2, 0.25) is 0 Å². The number of rotatable bonds is 9. The van der Waals surface area contributed by atoms with Gasteiger partial charge in [-0.1, -0.05) is 72.0 Å². The number of piperidine rings is 1. The minimum Gasteiger partial charge on any atom is -0.462 e. The van der Waals surface area contributed by atoms with Crippen LogP contribution < -0.4 is 0 Å². The van der Waals surface area contributed by atoms with E-state index in [1.54, 1.807) is 5.57 Å². The lowest BCUT2D eigenvalue weighted by molar-refractivity contribution is -0.152. The van der Waals surface area contributed by atoms with Crippen LogP contribution in [0.5, 0.6) is 0 Å². The predicted molar refractivity (Wildman–Crippen MR) is 158 cm³/mol. The third-order valence-corrected chi connectivity index (χ3v) is 12.6. The fourth-order valence-corrected chi connectivity index (χ4v) is 10.4. The summed E-state index contributed by atoms with van der Waals surface area (Å²) in [7, 11) is 0. The lowest BCUT2D eigenvalue weighted by Crippen LogP contribution is -2.51. The van der Waals surface area contributed by atoms with Crippen LogP contribution in [0, 0.1) is 46.3 Å². The van der Waals surface area contributed by atoms with Gasteiger partial charge in [0.05, 0.1) is 6.42 Å². The predicted octanol–water partition coefficient (Wildman–Crippen LogP) is 8.82. The third-order valence-electron chi connectivity index (χ3n) is 12.6. The Kier molecular flexibility index (Phi) is 9.03. The molecule has 4 aliphatic carbocycles. The molecular weight excluding hydrogens is 466 g/mol. The van der Waals surface area contributed by atoms with Crippen LogP contribution in [0.25, 0.3) is 0 Å². The number of hydrogen-bond acceptors (Lipinski definition) is 3. The summed E-state index contributed by atoms with van der Waals surface area (Å²) in [6.07, 6.45) is 21.8. The van der Waals surface area contributed by atoms with Gasteiger partial charge in [-0.3, -0.25) is 4.79 Å². The number of hydrogen-bond donors (Lipinski definition) is 0. The quantitative estimate of drug-likeness (QED) is 0.222. The summed E-state index contributed by atoms with van der Waals surface area (Å²) in [6.45, 7) is 15.8. The molecule has 1 saturated heterocycles. The summed E-state index contributed by atoms with van der Waals surface area (Å²) in [5.74, 6) is 5.31. The highest BCUT2D eigenvalue weighted by Gasteiger charge is 2.59. The highest BCUT2D eigenvalue weighted by molar-refractivity contribution is 5.69. The van der Waals surface area contributed by atoms with E-state index in [-0.39, 0.29) is 12.1 Å². The van der Waals surface area contributed by atoms with Crippen molar-refractivity contribution in [2.45, 2.75) is 137 Å². The fraction of sp³-hybridized carbons (Fsp3) is 0.914. The van der Waals surface area contributed by atoms with Crippen molar-refractivity contribution >= 4 is 5.97 Å². The van der Waals surface area contributed by atoms with Crippen molar-refractivity contribution in [3.05, 3.63) is 11.6 Å². The van der Waals surface area contributed by atoms with Crippen LogP contribution in [0.15, 0.2) is 11.6 Å². The molecule has 1 heterocycles. The maximum atomic E-state index is 12.7. The first-order valence-corrected chi connectivity index (χ1v) is 16.8. The molecule has 0 aromatic carbocycles. The molecule has 0 amide bonds. The molecular formula is C35H59NO2. The minimum atomic E-state index is 0.0337. The van der Waals surface area contributed by atoms with E-state index in [1.807, 2.05) is 0 Å². The number of allylic oxidation sites excluding steroid dienone is 1. The first-order chi connectivity index (χ1) is 18.2. The Morgan fingerprint density at radius 1 is 1.00 bits per heavy atom. The van der Waals surface area contributed by atoms with E-state index in [9.17, 15) is 4.79 Å². The first kappa shape index (κ1) is 28.7. The van der Waals surface area contributed by atoms with Crippen molar-refractivity contribution in [1.29, 1.82) is 0 Å². The van der Waals surface area contributed by atoms with Crippen molar-refractivity contribution in [2.75, 3.05) is 19.6 Å². The number of nitrogens with zero attached hydrogens (tertiary/aromatic N) is 1. The second-order valence-electron chi connectivity index (χ2n) is 15.3. The third kappa shape index (κ3) is 5.80. The molecule has 0 radical (unpaired) electrons. The van der Waals surface area contributed by atoms with Crippen LogP contribution in [0.2, 0.25) is 0 Å². The molecule has 4 fully saturated rings. The Morgan fingerprint density at radius 3 is 2.55 bits per heavy atom. The van der Waals surface area contributed by atoms with Gasteiger partial charge in [-0.05, 0) is 117 Å². The topological polar surface area (TPSA) is 29.5 Å². The standard InChI is InChI=1S/C35H59NO2/c1-25(2)10-9-11-26(3)30-14-15-31-29-13-12-27-24-28(38-33(37)18-23-36-21-7-6-8-22-36)16-19-34(27,4)32(29)17-20-35(30,31)5/h12,25-26,28-32H,6-11,13-24H2,1-5H3/t26-,28+,29?,30-,31?,32?,34+,35-/m1/s1. The van der Waals surface area contributed by atoms with Crippen molar-refractivity contribution in [3.63, 3.8) is 0 Å². The van der Waals surface area contributed by atoms with Crippen LogP contribution in [0.1, 0.15) is 131 Å². The van der Waals surface area contributed by atoms with E-state index in [1.165, 1.54) is 77.0 Å². The van der Waals surface area contributed by atoms with Gasteiger partial charge in [0.25, 0.3) is 0 Å². The van der Waals surface area contributed by atoms with Gasteiger partial charge in [0.15, 0.2) is 0 Å². The average Bonchev–Trinajstić information content (AvgIpc) is 3.25. The van der Waals surface area contributed by atoms with E-state index in [0.29, 0.717) is 17.3 Å². The summed E-state index contributed by atoms with van der Waals surface area (Å²) in [5.41, 5.74) is 2.53. The molecule has 1 aliphatic heterocycles. The van der Waals surface area contributed by atoms with Gasteiger partial charge >= 0.3 is 5.97 Å². The second-order valence-corrected chi connectivity index (χ2v) is 15.3. The Labute approximate surface area is 234 Å². The van der Waals surface area contributed by atoms with E-state index >= 15 is 0 Å². The van der Waals surface area contributed by atoms with E-state index in [2.05, 4.69) is 45.6 Å². The van der Waals surface area contributed by atoms with E-state index < -0.39 is 0 Å². The molecule has 3 nitrogen and oxygen atoms in total. The molecule has 5 aliphatic rings. The molecule has 0 spiro atoms. The van der Waals surface area contributed by atoms with Crippen molar-refractivity contribution in [1.82, 2.24) is 4.90 Å². The molecule has 0 aromatic rings. The Balaban J connectivity index is 1.17. The molecule has 3 saturated carbocycles. The zero-order chi connectivity index (χ0) is 26.9. The van der Waals surface area contributed by atoms with Crippen LogP contribution in [-0.4, -0.2) is 36.6 Å². The van der Waals surface area contributed by atoms with Crippen molar-refractivity contribution in [3.8, 4) is 0 Å². The maximum Gasteiger partial charge on any atom is 0.307 e. The molecule has 3 heteroatoms. The second kappa shape index (κ2) is 12.0. The van der Waals surface area contributed by atoms with Gasteiger partial charge in [0, 0.05) is 13.0 Å². The number of likely N-dealkylation sites (tertiary alicyclic amines) is 1. The largest absolute Gasteiger partial charge is 0.462 e. The number of carbonyl (C=O) groups excluding carboxylic acids is 1. The highest BCUT2D eigenvalue weighted by Crippen LogP contribution is 2.67. The van der Waals surface area contributed by atoms with Crippen LogP contribution >= 0.6 is 0 Å². The Bertz CT molecular complexity index is 843. The Morgan fingerprint density at radius 2 is 1.79 bits per heavy atom. The zero-order valence-corrected chi connectivity index (χ0v) is 25.6. The molecule has 216 valence electrons. The van der Waals surface area contributed by atoms with Gasteiger partial charge in [-0.25, -0.2) is 0 Å². The molecule has 38 heavy (non-hydrogen) atoms. The minimum absolute atomic E-state index is 0.0337. The lowest BCUT2D eigenvalue weighted by atomic mass is 9.47. The number of carbonyl (C=O) groups is 1. The van der Waals surface area contributed by atoms with Crippen LogP contribution in [0.4, 0.5) is 0 Å². The fourth-order valence-electron chi connectivity index (χ4n) is 10.4. The van der Waals surface area contributed by atoms with Crippen LogP contribution in [0.3, 0.4) is 0 Å². The monoisotopic (exact) mass is 525 g/mol. The summed E-state index contributed by atoms with van der Waals surface area (Å²) in [4.78, 5) is 15.1.